The Morgan fingerprint density at radius 1 is 1.31 bits per heavy atom. The van der Waals surface area contributed by atoms with Gasteiger partial charge in [0.05, 0.1) is 0 Å². The monoisotopic (exact) mass is 173 g/mol. The van der Waals surface area contributed by atoms with Crippen LogP contribution in [0, 0.1) is 12.8 Å². The predicted molar refractivity (Wildman–Crippen MR) is 53.8 cm³/mol. The molecule has 1 heteroatoms. The normalized spacial score (nSPS) is 35.9. The Bertz CT molecular complexity index is 327. The van der Waals surface area contributed by atoms with E-state index in [-0.39, 0.29) is 0 Å². The minimum absolute atomic E-state index is 0.535. The fourth-order valence-corrected chi connectivity index (χ4v) is 2.68. The van der Waals surface area contributed by atoms with Gasteiger partial charge in [0.25, 0.3) is 0 Å². The largest absolute Gasteiger partial charge is 0.316 e. The summed E-state index contributed by atoms with van der Waals surface area (Å²) in [5, 5.41) is 3.48. The second-order valence-electron chi connectivity index (χ2n) is 4.55. The van der Waals surface area contributed by atoms with Gasteiger partial charge >= 0.3 is 0 Å². The van der Waals surface area contributed by atoms with Crippen molar-refractivity contribution in [3.05, 3.63) is 35.4 Å². The van der Waals surface area contributed by atoms with Crippen LogP contribution in [-0.4, -0.2) is 13.1 Å². The maximum Gasteiger partial charge on any atom is 0.0122 e. The molecule has 1 saturated carbocycles. The van der Waals surface area contributed by atoms with E-state index >= 15 is 0 Å². The molecule has 0 spiro atoms. The molecule has 1 saturated heterocycles. The van der Waals surface area contributed by atoms with Crippen LogP contribution in [0.2, 0.25) is 0 Å². The lowest BCUT2D eigenvalue weighted by Gasteiger charge is -2.11. The van der Waals surface area contributed by atoms with Crippen molar-refractivity contribution in [3.63, 3.8) is 0 Å². The van der Waals surface area contributed by atoms with Crippen LogP contribution in [0.3, 0.4) is 0 Å². The number of nitrogens with one attached hydrogen (secondary N) is 1. The summed E-state index contributed by atoms with van der Waals surface area (Å²) in [5.41, 5.74) is 3.45. The number of hydrogen-bond acceptors (Lipinski definition) is 1. The molecule has 1 aliphatic carbocycles. The van der Waals surface area contributed by atoms with Gasteiger partial charge in [-0.15, -0.1) is 0 Å². The Morgan fingerprint density at radius 3 is 2.62 bits per heavy atom. The first-order chi connectivity index (χ1) is 6.31. The van der Waals surface area contributed by atoms with Crippen LogP contribution in [0.4, 0.5) is 0 Å². The summed E-state index contributed by atoms with van der Waals surface area (Å²) in [4.78, 5) is 0. The molecular weight excluding hydrogens is 158 g/mol. The molecule has 1 nitrogen and oxygen atoms in total. The van der Waals surface area contributed by atoms with Crippen molar-refractivity contribution in [2.24, 2.45) is 5.92 Å². The molecule has 2 aliphatic rings. The SMILES string of the molecule is Cc1ccc([C@@]23CNC[C@@H]2C3)cc1. The molecule has 68 valence electrons. The van der Waals surface area contributed by atoms with Crippen LogP contribution in [-0.2, 0) is 5.41 Å². The minimum atomic E-state index is 0.535. The van der Waals surface area contributed by atoms with Crippen molar-refractivity contribution in [2.45, 2.75) is 18.8 Å². The van der Waals surface area contributed by atoms with Crippen LogP contribution in [0.1, 0.15) is 17.5 Å². The van der Waals surface area contributed by atoms with E-state index in [4.69, 9.17) is 0 Å². The molecule has 1 aliphatic heterocycles. The fraction of sp³-hybridized carbons (Fsp3) is 0.500. The van der Waals surface area contributed by atoms with Gasteiger partial charge in [-0.25, -0.2) is 0 Å². The third kappa shape index (κ3) is 0.969. The van der Waals surface area contributed by atoms with Gasteiger partial charge in [-0.1, -0.05) is 29.8 Å². The summed E-state index contributed by atoms with van der Waals surface area (Å²) < 4.78 is 0. The van der Waals surface area contributed by atoms with Gasteiger partial charge in [0.1, 0.15) is 0 Å². The van der Waals surface area contributed by atoms with Gasteiger partial charge in [-0.2, -0.15) is 0 Å². The first-order valence-corrected chi connectivity index (χ1v) is 5.09. The molecule has 3 rings (SSSR count). The highest BCUT2D eigenvalue weighted by atomic mass is 15.0. The Hall–Kier alpha value is -0.820. The van der Waals surface area contributed by atoms with Crippen LogP contribution < -0.4 is 5.32 Å². The van der Waals surface area contributed by atoms with Crippen molar-refractivity contribution >= 4 is 0 Å². The van der Waals surface area contributed by atoms with Crippen molar-refractivity contribution in [2.75, 3.05) is 13.1 Å². The van der Waals surface area contributed by atoms with E-state index in [9.17, 15) is 0 Å². The van der Waals surface area contributed by atoms with Gasteiger partial charge in [-0.05, 0) is 31.4 Å². The molecule has 1 aromatic carbocycles. The molecular formula is C12H15N. The minimum Gasteiger partial charge on any atom is -0.316 e. The average molecular weight is 173 g/mol. The van der Waals surface area contributed by atoms with Crippen LogP contribution in [0.5, 0.6) is 0 Å². The maximum atomic E-state index is 3.48. The Morgan fingerprint density at radius 2 is 2.08 bits per heavy atom. The lowest BCUT2D eigenvalue weighted by Crippen LogP contribution is -2.19. The highest BCUT2D eigenvalue weighted by Gasteiger charge is 2.57. The molecule has 1 heterocycles. The Labute approximate surface area is 79.2 Å². The van der Waals surface area contributed by atoms with Crippen molar-refractivity contribution in [1.82, 2.24) is 5.32 Å². The van der Waals surface area contributed by atoms with Crippen molar-refractivity contribution in [1.29, 1.82) is 0 Å². The van der Waals surface area contributed by atoms with E-state index in [1.165, 1.54) is 25.1 Å². The lowest BCUT2D eigenvalue weighted by atomic mass is 9.94. The van der Waals surface area contributed by atoms with E-state index in [0.29, 0.717) is 5.41 Å². The number of aryl methyl sites for hydroxylation is 1. The number of fused-ring (bicyclic) bond motifs is 1. The topological polar surface area (TPSA) is 12.0 Å². The highest BCUT2D eigenvalue weighted by Crippen LogP contribution is 2.56. The molecule has 0 unspecified atom stereocenters. The molecule has 2 atom stereocenters. The predicted octanol–water partition coefficient (Wildman–Crippen LogP) is 1.86. The maximum absolute atomic E-state index is 3.48. The summed E-state index contributed by atoms with van der Waals surface area (Å²) in [5.74, 6) is 0.926. The zero-order valence-electron chi connectivity index (χ0n) is 8.01. The third-order valence-electron chi connectivity index (χ3n) is 3.69. The first kappa shape index (κ1) is 7.57. The molecule has 0 aromatic heterocycles. The average Bonchev–Trinajstić information content (AvgIpc) is 2.71. The van der Waals surface area contributed by atoms with Gasteiger partial charge in [0.15, 0.2) is 0 Å². The summed E-state index contributed by atoms with van der Waals surface area (Å²) in [6.45, 7) is 4.58. The second-order valence-corrected chi connectivity index (χ2v) is 4.55. The molecule has 1 aromatic rings. The van der Waals surface area contributed by atoms with Gasteiger partial charge in [-0.3, -0.25) is 0 Å². The summed E-state index contributed by atoms with van der Waals surface area (Å²) in [7, 11) is 0. The second kappa shape index (κ2) is 2.36. The lowest BCUT2D eigenvalue weighted by molar-refractivity contribution is 0.675. The summed E-state index contributed by atoms with van der Waals surface area (Å²) in [6.07, 6.45) is 1.41. The zero-order chi connectivity index (χ0) is 8.89. The van der Waals surface area contributed by atoms with E-state index in [1.54, 1.807) is 5.56 Å². The fourth-order valence-electron chi connectivity index (χ4n) is 2.68. The van der Waals surface area contributed by atoms with E-state index in [0.717, 1.165) is 5.92 Å². The molecule has 0 amide bonds. The van der Waals surface area contributed by atoms with E-state index in [2.05, 4.69) is 36.5 Å². The number of rotatable bonds is 1. The highest BCUT2D eigenvalue weighted by molar-refractivity contribution is 5.38. The number of hydrogen-bond donors (Lipinski definition) is 1. The first-order valence-electron chi connectivity index (χ1n) is 5.09. The number of piperidine rings is 1. The Kier molecular flexibility index (Phi) is 1.37. The number of benzene rings is 1. The summed E-state index contributed by atoms with van der Waals surface area (Å²) >= 11 is 0. The van der Waals surface area contributed by atoms with Crippen molar-refractivity contribution in [3.8, 4) is 0 Å². The molecule has 1 N–H and O–H groups in total. The van der Waals surface area contributed by atoms with Crippen LogP contribution in [0.15, 0.2) is 24.3 Å². The van der Waals surface area contributed by atoms with Gasteiger partial charge in [0, 0.05) is 12.0 Å². The van der Waals surface area contributed by atoms with Gasteiger partial charge < -0.3 is 5.32 Å². The van der Waals surface area contributed by atoms with Crippen LogP contribution in [0.25, 0.3) is 0 Å². The zero-order valence-corrected chi connectivity index (χ0v) is 8.01. The van der Waals surface area contributed by atoms with Crippen LogP contribution >= 0.6 is 0 Å². The summed E-state index contributed by atoms with van der Waals surface area (Å²) in [6, 6.07) is 9.08. The Balaban J connectivity index is 1.97. The van der Waals surface area contributed by atoms with E-state index in [1.807, 2.05) is 0 Å². The molecule has 13 heavy (non-hydrogen) atoms. The van der Waals surface area contributed by atoms with Crippen molar-refractivity contribution < 1.29 is 0 Å². The molecule has 0 radical (unpaired) electrons. The van der Waals surface area contributed by atoms with E-state index < -0.39 is 0 Å². The smallest absolute Gasteiger partial charge is 0.0122 e. The quantitative estimate of drug-likeness (QED) is 0.683. The van der Waals surface area contributed by atoms with Gasteiger partial charge in [0.2, 0.25) is 0 Å². The third-order valence-corrected chi connectivity index (χ3v) is 3.69. The standard InChI is InChI=1S/C12H15N/c1-9-2-4-10(5-3-9)12-6-11(12)7-13-8-12/h2-5,11,13H,6-8H2,1H3/t11-,12+/m0/s1. The molecule has 2 fully saturated rings. The molecule has 0 bridgehead atoms.